The lowest BCUT2D eigenvalue weighted by atomic mass is 10.2. The van der Waals surface area contributed by atoms with Crippen LogP contribution in [0.4, 0.5) is 0 Å². The first kappa shape index (κ1) is 16.5. The predicted molar refractivity (Wildman–Crippen MR) is 87.4 cm³/mol. The van der Waals surface area contributed by atoms with Crippen LogP contribution in [-0.2, 0) is 4.79 Å². The highest BCUT2D eigenvalue weighted by Crippen LogP contribution is 2.18. The zero-order valence-electron chi connectivity index (χ0n) is 13.5. The molecule has 0 unspecified atom stereocenters. The normalized spacial score (nSPS) is 11.0. The summed E-state index contributed by atoms with van der Waals surface area (Å²) in [5.74, 6) is 1.02. The van der Waals surface area contributed by atoms with Crippen LogP contribution in [0, 0.1) is 20.8 Å². The first-order chi connectivity index (χ1) is 10.4. The molecule has 1 N–H and O–H groups in total. The number of amides is 1. The van der Waals surface area contributed by atoms with Gasteiger partial charge < -0.3 is 5.32 Å². The third-order valence-electron chi connectivity index (χ3n) is 3.30. The van der Waals surface area contributed by atoms with E-state index in [1.165, 1.54) is 11.8 Å². The molecule has 0 fully saturated rings. The molecule has 22 heavy (non-hydrogen) atoms. The van der Waals surface area contributed by atoms with Crippen molar-refractivity contribution in [2.45, 2.75) is 45.7 Å². The molecular formula is C15H21N5OS. The summed E-state index contributed by atoms with van der Waals surface area (Å²) in [6.07, 6.45) is 0. The number of aromatic nitrogens is 4. The van der Waals surface area contributed by atoms with Gasteiger partial charge in [0.15, 0.2) is 5.82 Å². The Labute approximate surface area is 134 Å². The maximum Gasteiger partial charge on any atom is 0.230 e. The van der Waals surface area contributed by atoms with E-state index in [-0.39, 0.29) is 11.9 Å². The van der Waals surface area contributed by atoms with Crippen molar-refractivity contribution in [2.24, 2.45) is 0 Å². The van der Waals surface area contributed by atoms with Gasteiger partial charge in [-0.2, -0.15) is 5.10 Å². The fraction of sp³-hybridized carbons (Fsp3) is 0.467. The van der Waals surface area contributed by atoms with Gasteiger partial charge in [0, 0.05) is 11.7 Å². The molecule has 0 bridgehead atoms. The highest BCUT2D eigenvalue weighted by Gasteiger charge is 2.11. The van der Waals surface area contributed by atoms with Crippen molar-refractivity contribution in [3.8, 4) is 5.82 Å². The molecule has 0 aliphatic heterocycles. The van der Waals surface area contributed by atoms with Crippen molar-refractivity contribution >= 4 is 17.7 Å². The van der Waals surface area contributed by atoms with Gasteiger partial charge in [0.05, 0.1) is 11.4 Å². The van der Waals surface area contributed by atoms with Crippen molar-refractivity contribution in [3.63, 3.8) is 0 Å². The Morgan fingerprint density at radius 1 is 1.27 bits per heavy atom. The molecule has 7 heteroatoms. The molecule has 0 spiro atoms. The average Bonchev–Trinajstić information content (AvgIpc) is 2.73. The Balaban J connectivity index is 2.04. The Hall–Kier alpha value is -1.89. The minimum absolute atomic E-state index is 0.0000433. The highest BCUT2D eigenvalue weighted by atomic mass is 32.2. The maximum absolute atomic E-state index is 11.6. The summed E-state index contributed by atoms with van der Waals surface area (Å²) in [5.41, 5.74) is 3.21. The van der Waals surface area contributed by atoms with Gasteiger partial charge in [-0.25, -0.2) is 4.68 Å². The molecule has 0 saturated heterocycles. The lowest BCUT2D eigenvalue weighted by Crippen LogP contribution is -2.31. The molecule has 0 aromatic carbocycles. The minimum Gasteiger partial charge on any atom is -0.353 e. The van der Waals surface area contributed by atoms with E-state index in [9.17, 15) is 4.79 Å². The molecule has 1 amide bonds. The summed E-state index contributed by atoms with van der Waals surface area (Å²) in [6.45, 7) is 9.90. The summed E-state index contributed by atoms with van der Waals surface area (Å²) in [4.78, 5) is 11.6. The van der Waals surface area contributed by atoms with E-state index >= 15 is 0 Å². The number of carbonyl (C=O) groups excluding carboxylic acids is 1. The molecule has 2 rings (SSSR count). The Bertz CT molecular complexity index is 663. The molecule has 2 aromatic heterocycles. The monoisotopic (exact) mass is 319 g/mol. The largest absolute Gasteiger partial charge is 0.353 e. The average molecular weight is 319 g/mol. The SMILES string of the molecule is Cc1nn(-c2ccc(SCC(=O)NC(C)C)nn2)c(C)c1C. The Morgan fingerprint density at radius 3 is 2.50 bits per heavy atom. The minimum atomic E-state index is 0.0000433. The summed E-state index contributed by atoms with van der Waals surface area (Å²) >= 11 is 1.37. The fourth-order valence-corrected chi connectivity index (χ4v) is 2.57. The first-order valence-corrected chi connectivity index (χ1v) is 8.16. The second kappa shape index (κ2) is 6.91. The van der Waals surface area contributed by atoms with Crippen LogP contribution in [0.15, 0.2) is 17.2 Å². The van der Waals surface area contributed by atoms with Gasteiger partial charge in [-0.15, -0.1) is 10.2 Å². The Kier molecular flexibility index (Phi) is 5.18. The van der Waals surface area contributed by atoms with Gasteiger partial charge in [-0.1, -0.05) is 11.8 Å². The van der Waals surface area contributed by atoms with Gasteiger partial charge >= 0.3 is 0 Å². The summed E-state index contributed by atoms with van der Waals surface area (Å²) in [6, 6.07) is 3.88. The number of rotatable bonds is 5. The molecule has 0 aliphatic rings. The summed E-state index contributed by atoms with van der Waals surface area (Å²) in [5, 5.41) is 16.4. The van der Waals surface area contributed by atoms with Crippen molar-refractivity contribution in [2.75, 3.05) is 5.75 Å². The van der Waals surface area contributed by atoms with Crippen LogP contribution < -0.4 is 5.32 Å². The number of nitrogens with one attached hydrogen (secondary N) is 1. The van der Waals surface area contributed by atoms with E-state index in [0.29, 0.717) is 11.6 Å². The van der Waals surface area contributed by atoms with Gasteiger partial charge in [0.2, 0.25) is 5.91 Å². The third-order valence-corrected chi connectivity index (χ3v) is 4.22. The number of aryl methyl sites for hydroxylation is 1. The topological polar surface area (TPSA) is 72.7 Å². The molecule has 0 saturated carbocycles. The van der Waals surface area contributed by atoms with Crippen molar-refractivity contribution < 1.29 is 4.79 Å². The summed E-state index contributed by atoms with van der Waals surface area (Å²) in [7, 11) is 0. The number of carbonyl (C=O) groups is 1. The molecule has 2 aromatic rings. The van der Waals surface area contributed by atoms with Crippen LogP contribution in [0.3, 0.4) is 0 Å². The molecule has 2 heterocycles. The van der Waals surface area contributed by atoms with E-state index in [0.717, 1.165) is 22.0 Å². The van der Waals surface area contributed by atoms with E-state index < -0.39 is 0 Å². The van der Waals surface area contributed by atoms with Crippen molar-refractivity contribution in [3.05, 3.63) is 29.1 Å². The maximum atomic E-state index is 11.6. The van der Waals surface area contributed by atoms with Crippen LogP contribution in [0.5, 0.6) is 0 Å². The van der Waals surface area contributed by atoms with Crippen LogP contribution in [0.25, 0.3) is 5.82 Å². The Morgan fingerprint density at radius 2 is 2.00 bits per heavy atom. The standard InChI is InChI=1S/C15H21N5OS/c1-9(2)16-14(21)8-22-15-7-6-13(17-18-15)20-12(5)10(3)11(4)19-20/h6-7,9H,8H2,1-5H3,(H,16,21). The van der Waals surface area contributed by atoms with Crippen LogP contribution in [0.2, 0.25) is 0 Å². The molecular weight excluding hydrogens is 298 g/mol. The lowest BCUT2D eigenvalue weighted by Gasteiger charge is -2.07. The molecule has 6 nitrogen and oxygen atoms in total. The van der Waals surface area contributed by atoms with Gasteiger partial charge in [-0.05, 0) is 52.3 Å². The predicted octanol–water partition coefficient (Wildman–Crippen LogP) is 2.20. The van der Waals surface area contributed by atoms with E-state index in [1.807, 2.05) is 46.8 Å². The number of hydrogen-bond acceptors (Lipinski definition) is 5. The van der Waals surface area contributed by atoms with E-state index in [4.69, 9.17) is 0 Å². The quantitative estimate of drug-likeness (QED) is 0.855. The molecule has 0 atom stereocenters. The highest BCUT2D eigenvalue weighted by molar-refractivity contribution is 7.99. The fourth-order valence-electron chi connectivity index (χ4n) is 1.95. The first-order valence-electron chi connectivity index (χ1n) is 7.17. The van der Waals surface area contributed by atoms with Gasteiger partial charge in [0.1, 0.15) is 5.03 Å². The number of hydrogen-bond donors (Lipinski definition) is 1. The van der Waals surface area contributed by atoms with Crippen LogP contribution >= 0.6 is 11.8 Å². The molecule has 0 aliphatic carbocycles. The second-order valence-electron chi connectivity index (χ2n) is 5.45. The van der Waals surface area contributed by atoms with Gasteiger partial charge in [-0.3, -0.25) is 4.79 Å². The van der Waals surface area contributed by atoms with E-state index in [1.54, 1.807) is 4.68 Å². The second-order valence-corrected chi connectivity index (χ2v) is 6.44. The smallest absolute Gasteiger partial charge is 0.230 e. The zero-order chi connectivity index (χ0) is 16.3. The molecule has 118 valence electrons. The third kappa shape index (κ3) is 3.85. The van der Waals surface area contributed by atoms with Crippen LogP contribution in [-0.4, -0.2) is 37.7 Å². The zero-order valence-corrected chi connectivity index (χ0v) is 14.4. The van der Waals surface area contributed by atoms with Crippen molar-refractivity contribution in [1.29, 1.82) is 0 Å². The molecule has 0 radical (unpaired) electrons. The van der Waals surface area contributed by atoms with Crippen molar-refractivity contribution in [1.82, 2.24) is 25.3 Å². The lowest BCUT2D eigenvalue weighted by molar-refractivity contribution is -0.119. The summed E-state index contributed by atoms with van der Waals surface area (Å²) < 4.78 is 1.79. The van der Waals surface area contributed by atoms with E-state index in [2.05, 4.69) is 20.6 Å². The number of thioether (sulfide) groups is 1. The van der Waals surface area contributed by atoms with Crippen LogP contribution in [0.1, 0.15) is 30.8 Å². The van der Waals surface area contributed by atoms with Gasteiger partial charge in [0.25, 0.3) is 0 Å². The number of nitrogens with zero attached hydrogens (tertiary/aromatic N) is 4.